The molecular formula is C25H25N3O3S. The standard InChI is InChI=1S/C25H25N3O3S/c1-18-9-10-22(17-19(18)2)24(20-7-4-3-5-8-20)28-25(29)21-11-13-23(14-12-21)32(30,31)27-16-6-15-26/h3-5,7-14,17,24,27H,6,16H2,1-2H3,(H,28,29). The van der Waals surface area contributed by atoms with E-state index in [0.717, 1.165) is 16.7 Å². The van der Waals surface area contributed by atoms with Gasteiger partial charge in [0.1, 0.15) is 0 Å². The third kappa shape index (κ3) is 5.61. The van der Waals surface area contributed by atoms with Gasteiger partial charge in [-0.05, 0) is 60.4 Å². The van der Waals surface area contributed by atoms with Gasteiger partial charge in [0, 0.05) is 18.5 Å². The summed E-state index contributed by atoms with van der Waals surface area (Å²) in [7, 11) is -3.73. The van der Waals surface area contributed by atoms with Crippen LogP contribution in [0.3, 0.4) is 0 Å². The summed E-state index contributed by atoms with van der Waals surface area (Å²) in [6, 6.07) is 23.1. The summed E-state index contributed by atoms with van der Waals surface area (Å²) in [5.74, 6) is -0.307. The van der Waals surface area contributed by atoms with Crippen LogP contribution in [-0.4, -0.2) is 20.9 Å². The minimum absolute atomic E-state index is 0.0375. The smallest absolute Gasteiger partial charge is 0.252 e. The molecule has 0 heterocycles. The second kappa shape index (κ2) is 10.2. The van der Waals surface area contributed by atoms with Crippen molar-refractivity contribution in [2.75, 3.05) is 6.54 Å². The number of hydrogen-bond donors (Lipinski definition) is 2. The fourth-order valence-electron chi connectivity index (χ4n) is 3.27. The molecule has 1 amide bonds. The quantitative estimate of drug-likeness (QED) is 0.510. The lowest BCUT2D eigenvalue weighted by Gasteiger charge is -2.21. The molecule has 0 fully saturated rings. The maximum atomic E-state index is 13.0. The van der Waals surface area contributed by atoms with Crippen molar-refractivity contribution in [3.05, 3.63) is 101 Å². The highest BCUT2D eigenvalue weighted by molar-refractivity contribution is 7.89. The Labute approximate surface area is 189 Å². The van der Waals surface area contributed by atoms with Crippen LogP contribution < -0.4 is 10.0 Å². The molecule has 3 rings (SSSR count). The monoisotopic (exact) mass is 447 g/mol. The Bertz CT molecular complexity index is 1230. The molecule has 0 saturated heterocycles. The highest BCUT2D eigenvalue weighted by atomic mass is 32.2. The van der Waals surface area contributed by atoms with Gasteiger partial charge in [-0.1, -0.05) is 48.5 Å². The van der Waals surface area contributed by atoms with E-state index >= 15 is 0 Å². The average Bonchev–Trinajstić information content (AvgIpc) is 2.80. The number of carbonyl (C=O) groups excluding carboxylic acids is 1. The van der Waals surface area contributed by atoms with Gasteiger partial charge in [0.2, 0.25) is 10.0 Å². The van der Waals surface area contributed by atoms with Gasteiger partial charge in [-0.2, -0.15) is 5.26 Å². The second-order valence-electron chi connectivity index (χ2n) is 7.49. The van der Waals surface area contributed by atoms with Crippen LogP contribution in [-0.2, 0) is 10.0 Å². The Morgan fingerprint density at radius 3 is 2.25 bits per heavy atom. The Morgan fingerprint density at radius 1 is 0.938 bits per heavy atom. The molecule has 1 atom stereocenters. The van der Waals surface area contributed by atoms with Gasteiger partial charge in [-0.25, -0.2) is 13.1 Å². The van der Waals surface area contributed by atoms with Crippen LogP contribution in [0.2, 0.25) is 0 Å². The van der Waals surface area contributed by atoms with Crippen LogP contribution in [0, 0.1) is 25.2 Å². The molecule has 0 aliphatic heterocycles. The van der Waals surface area contributed by atoms with E-state index in [-0.39, 0.29) is 29.8 Å². The fourth-order valence-corrected chi connectivity index (χ4v) is 4.31. The molecule has 2 N–H and O–H groups in total. The molecule has 0 saturated carbocycles. The van der Waals surface area contributed by atoms with Crippen molar-refractivity contribution in [1.29, 1.82) is 5.26 Å². The first-order valence-corrected chi connectivity index (χ1v) is 11.7. The summed E-state index contributed by atoms with van der Waals surface area (Å²) in [6.45, 7) is 4.11. The van der Waals surface area contributed by atoms with Gasteiger partial charge in [-0.15, -0.1) is 0 Å². The van der Waals surface area contributed by atoms with Crippen LogP contribution in [0.15, 0.2) is 77.7 Å². The van der Waals surface area contributed by atoms with E-state index in [0.29, 0.717) is 5.56 Å². The zero-order valence-electron chi connectivity index (χ0n) is 18.0. The van der Waals surface area contributed by atoms with Gasteiger partial charge in [0.25, 0.3) is 5.91 Å². The van der Waals surface area contributed by atoms with Crippen LogP contribution in [0.5, 0.6) is 0 Å². The Morgan fingerprint density at radius 2 is 1.62 bits per heavy atom. The highest BCUT2D eigenvalue weighted by Gasteiger charge is 2.19. The number of carbonyl (C=O) groups is 1. The summed E-state index contributed by atoms with van der Waals surface area (Å²) in [5, 5.41) is 11.6. The molecule has 0 aromatic heterocycles. The minimum atomic E-state index is -3.73. The van der Waals surface area contributed by atoms with Gasteiger partial charge < -0.3 is 5.32 Å². The molecule has 0 aliphatic carbocycles. The highest BCUT2D eigenvalue weighted by Crippen LogP contribution is 2.25. The summed E-state index contributed by atoms with van der Waals surface area (Å²) < 4.78 is 26.9. The first-order valence-electron chi connectivity index (χ1n) is 10.2. The lowest BCUT2D eigenvalue weighted by Crippen LogP contribution is -2.29. The molecule has 3 aromatic carbocycles. The third-order valence-corrected chi connectivity index (χ3v) is 6.71. The summed E-state index contributed by atoms with van der Waals surface area (Å²) in [5.41, 5.74) is 4.58. The molecule has 0 bridgehead atoms. The molecular weight excluding hydrogens is 422 g/mol. The number of aryl methyl sites for hydroxylation is 2. The number of rotatable bonds is 8. The van der Waals surface area contributed by atoms with E-state index in [1.807, 2.05) is 62.4 Å². The zero-order chi connectivity index (χ0) is 23.1. The van der Waals surface area contributed by atoms with E-state index in [9.17, 15) is 13.2 Å². The predicted molar refractivity (Wildman–Crippen MR) is 124 cm³/mol. The fraction of sp³-hybridized carbons (Fsp3) is 0.200. The summed E-state index contributed by atoms with van der Waals surface area (Å²) in [6.07, 6.45) is 0.0824. The van der Waals surface area contributed by atoms with Gasteiger partial charge in [-0.3, -0.25) is 4.79 Å². The van der Waals surface area contributed by atoms with Crippen molar-refractivity contribution in [2.45, 2.75) is 31.2 Å². The lowest BCUT2D eigenvalue weighted by molar-refractivity contribution is 0.0943. The maximum absolute atomic E-state index is 13.0. The SMILES string of the molecule is Cc1ccc(C(NC(=O)c2ccc(S(=O)(=O)NCCC#N)cc2)c2ccccc2)cc1C. The van der Waals surface area contributed by atoms with Crippen molar-refractivity contribution in [3.8, 4) is 6.07 Å². The Hall–Kier alpha value is -3.47. The van der Waals surface area contributed by atoms with E-state index in [1.54, 1.807) is 0 Å². The predicted octanol–water partition coefficient (Wildman–Crippen LogP) is 4.01. The molecule has 0 radical (unpaired) electrons. The molecule has 3 aromatic rings. The number of nitrogens with one attached hydrogen (secondary N) is 2. The van der Waals surface area contributed by atoms with Gasteiger partial charge >= 0.3 is 0 Å². The van der Waals surface area contributed by atoms with E-state index < -0.39 is 10.0 Å². The van der Waals surface area contributed by atoms with Crippen molar-refractivity contribution in [2.24, 2.45) is 0 Å². The number of sulfonamides is 1. The Kier molecular flexibility index (Phi) is 7.41. The zero-order valence-corrected chi connectivity index (χ0v) is 18.8. The van der Waals surface area contributed by atoms with E-state index in [2.05, 4.69) is 16.1 Å². The first-order chi connectivity index (χ1) is 15.3. The third-order valence-electron chi connectivity index (χ3n) is 5.23. The normalized spacial score (nSPS) is 12.0. The van der Waals surface area contributed by atoms with E-state index in [1.165, 1.54) is 29.8 Å². The number of nitriles is 1. The van der Waals surface area contributed by atoms with Crippen LogP contribution in [0.1, 0.15) is 45.1 Å². The second-order valence-corrected chi connectivity index (χ2v) is 9.26. The van der Waals surface area contributed by atoms with E-state index in [4.69, 9.17) is 5.26 Å². The van der Waals surface area contributed by atoms with Gasteiger partial charge in [0.15, 0.2) is 0 Å². The molecule has 1 unspecified atom stereocenters. The van der Waals surface area contributed by atoms with Crippen molar-refractivity contribution in [1.82, 2.24) is 10.0 Å². The maximum Gasteiger partial charge on any atom is 0.252 e. The van der Waals surface area contributed by atoms with Crippen LogP contribution in [0.4, 0.5) is 0 Å². The van der Waals surface area contributed by atoms with Crippen LogP contribution in [0.25, 0.3) is 0 Å². The van der Waals surface area contributed by atoms with Gasteiger partial charge in [0.05, 0.1) is 17.0 Å². The molecule has 6 nitrogen and oxygen atoms in total. The molecule has 32 heavy (non-hydrogen) atoms. The number of amides is 1. The topological polar surface area (TPSA) is 99.1 Å². The lowest BCUT2D eigenvalue weighted by atomic mass is 9.95. The molecule has 164 valence electrons. The van der Waals surface area contributed by atoms with Crippen molar-refractivity contribution >= 4 is 15.9 Å². The molecule has 7 heteroatoms. The summed E-state index contributed by atoms with van der Waals surface area (Å²) in [4.78, 5) is 13.1. The number of benzene rings is 3. The number of hydrogen-bond acceptors (Lipinski definition) is 4. The van der Waals surface area contributed by atoms with Crippen molar-refractivity contribution in [3.63, 3.8) is 0 Å². The molecule has 0 spiro atoms. The molecule has 0 aliphatic rings. The van der Waals surface area contributed by atoms with Crippen LogP contribution >= 0.6 is 0 Å². The summed E-state index contributed by atoms with van der Waals surface area (Å²) >= 11 is 0. The van der Waals surface area contributed by atoms with Crippen molar-refractivity contribution < 1.29 is 13.2 Å². The Balaban J connectivity index is 1.83. The minimum Gasteiger partial charge on any atom is -0.341 e. The first kappa shape index (κ1) is 23.2. The number of nitrogens with zero attached hydrogens (tertiary/aromatic N) is 1. The largest absolute Gasteiger partial charge is 0.341 e. The average molecular weight is 448 g/mol.